The summed E-state index contributed by atoms with van der Waals surface area (Å²) in [6.07, 6.45) is 1.20. The van der Waals surface area contributed by atoms with E-state index >= 15 is 0 Å². The predicted octanol–water partition coefficient (Wildman–Crippen LogP) is 1.10. The standard InChI is InChI=1S/C10H30N7P2/c1-11-18(12-2,13-3)14-19(15(4)5)16(6)9-8-10-17(19)7/h11-13H,8-10H2,1-7H3/q+1. The number of nitrogens with zero attached hydrogens (tertiary/aromatic N) is 4. The van der Waals surface area contributed by atoms with Gasteiger partial charge in [-0.05, 0) is 32.1 Å². The molecule has 1 aliphatic rings. The molecule has 19 heavy (non-hydrogen) atoms. The van der Waals surface area contributed by atoms with Crippen LogP contribution in [-0.2, 0) is 0 Å². The molecule has 0 amide bonds. The third-order valence-corrected chi connectivity index (χ3v) is 10.9. The van der Waals surface area contributed by atoms with Crippen LogP contribution in [0.1, 0.15) is 6.42 Å². The Hall–Kier alpha value is 0.420. The van der Waals surface area contributed by atoms with Gasteiger partial charge in [0.2, 0.25) is 7.51 Å². The second kappa shape index (κ2) is 6.92. The van der Waals surface area contributed by atoms with Crippen molar-refractivity contribution in [1.29, 1.82) is 0 Å². The van der Waals surface area contributed by atoms with Gasteiger partial charge in [0, 0.05) is 41.3 Å². The lowest BCUT2D eigenvalue weighted by Crippen LogP contribution is -2.44. The molecule has 0 atom stereocenters. The zero-order chi connectivity index (χ0) is 14.7. The molecule has 0 bridgehead atoms. The van der Waals surface area contributed by atoms with E-state index in [1.54, 1.807) is 0 Å². The van der Waals surface area contributed by atoms with Crippen LogP contribution in [0.4, 0.5) is 0 Å². The zero-order valence-electron chi connectivity index (χ0n) is 13.3. The molecule has 0 unspecified atom stereocenters. The zero-order valence-corrected chi connectivity index (χ0v) is 15.1. The monoisotopic (exact) mass is 310 g/mol. The Labute approximate surface area is 118 Å². The number of hydrogen-bond acceptors (Lipinski definition) is 4. The molecule has 9 heteroatoms. The number of nitrogens with one attached hydrogen (secondary N) is 3. The highest BCUT2D eigenvalue weighted by molar-refractivity contribution is 7.75. The molecule has 0 radical (unpaired) electrons. The van der Waals surface area contributed by atoms with E-state index in [1.165, 1.54) is 6.42 Å². The normalized spacial score (nSPS) is 21.9. The average molecular weight is 310 g/mol. The van der Waals surface area contributed by atoms with Crippen LogP contribution in [0, 0.1) is 0 Å². The fourth-order valence-corrected chi connectivity index (χ4v) is 10.0. The van der Waals surface area contributed by atoms with Gasteiger partial charge in [-0.1, -0.05) is 0 Å². The van der Waals surface area contributed by atoms with Gasteiger partial charge in [-0.3, -0.25) is 15.3 Å². The minimum Gasteiger partial charge on any atom is -0.260 e. The van der Waals surface area contributed by atoms with E-state index in [0.717, 1.165) is 13.1 Å². The van der Waals surface area contributed by atoms with Crippen molar-refractivity contribution in [3.05, 3.63) is 0 Å². The van der Waals surface area contributed by atoms with Gasteiger partial charge in [0.05, 0.1) is 0 Å². The van der Waals surface area contributed by atoms with Gasteiger partial charge >= 0.3 is 7.87 Å². The molecule has 3 N–H and O–H groups in total. The molecule has 0 saturated carbocycles. The third-order valence-electron chi connectivity index (χ3n) is 3.64. The van der Waals surface area contributed by atoms with E-state index in [1.807, 2.05) is 21.1 Å². The molecule has 1 fully saturated rings. The third kappa shape index (κ3) is 3.20. The lowest BCUT2D eigenvalue weighted by atomic mass is 10.4. The van der Waals surface area contributed by atoms with Crippen molar-refractivity contribution in [3.8, 4) is 0 Å². The van der Waals surface area contributed by atoms with Crippen molar-refractivity contribution in [2.75, 3.05) is 62.4 Å². The first-order valence-electron chi connectivity index (χ1n) is 6.59. The largest absolute Gasteiger partial charge is 0.356 e. The van der Waals surface area contributed by atoms with Gasteiger partial charge in [-0.15, -0.1) is 14.0 Å². The van der Waals surface area contributed by atoms with Gasteiger partial charge in [0.1, 0.15) is 0 Å². The quantitative estimate of drug-likeness (QED) is 0.661. The summed E-state index contributed by atoms with van der Waals surface area (Å²) in [6.45, 7) is 2.19. The molecule has 114 valence electrons. The maximum atomic E-state index is 5.28. The highest BCUT2D eigenvalue weighted by atomic mass is 31.2. The van der Waals surface area contributed by atoms with E-state index < -0.39 is 15.4 Å². The maximum absolute atomic E-state index is 5.28. The summed E-state index contributed by atoms with van der Waals surface area (Å²) < 4.78 is 12.4. The Balaban J connectivity index is 3.37. The first-order valence-corrected chi connectivity index (χ1v) is 9.93. The van der Waals surface area contributed by atoms with Crippen LogP contribution < -0.4 is 15.3 Å². The minimum atomic E-state index is -1.90. The molecule has 1 heterocycles. The van der Waals surface area contributed by atoms with Crippen LogP contribution in [-0.4, -0.2) is 76.4 Å². The van der Waals surface area contributed by atoms with E-state index in [2.05, 4.69) is 57.5 Å². The second-order valence-electron chi connectivity index (χ2n) is 4.90. The van der Waals surface area contributed by atoms with Gasteiger partial charge in [-0.2, -0.15) is 0 Å². The van der Waals surface area contributed by atoms with Crippen molar-refractivity contribution < 1.29 is 0 Å². The van der Waals surface area contributed by atoms with Crippen molar-refractivity contribution in [1.82, 2.24) is 29.3 Å². The van der Waals surface area contributed by atoms with Gasteiger partial charge in [0.15, 0.2) is 0 Å². The Morgan fingerprint density at radius 1 is 1.00 bits per heavy atom. The Bertz CT molecular complexity index is 318. The smallest absolute Gasteiger partial charge is 0.260 e. The highest BCUT2D eigenvalue weighted by Crippen LogP contribution is 2.71. The van der Waals surface area contributed by atoms with Crippen molar-refractivity contribution in [3.63, 3.8) is 0 Å². The highest BCUT2D eigenvalue weighted by Gasteiger charge is 2.55. The molecular weight excluding hydrogens is 280 g/mol. The summed E-state index contributed by atoms with van der Waals surface area (Å²) in [5.74, 6) is 0. The summed E-state index contributed by atoms with van der Waals surface area (Å²) in [7, 11) is 10.8. The first kappa shape index (κ1) is 17.5. The van der Waals surface area contributed by atoms with Crippen LogP contribution in [0.2, 0.25) is 0 Å². The van der Waals surface area contributed by atoms with Crippen molar-refractivity contribution >= 4 is 15.4 Å². The molecular formula is C10H30N7P2+. The van der Waals surface area contributed by atoms with Crippen LogP contribution in [0.15, 0.2) is 4.52 Å². The SMILES string of the molecule is CNP(=N[P+]1(N(C)C)N(C)CCCN1C)(NC)NC. The van der Waals surface area contributed by atoms with Gasteiger partial charge in [0.25, 0.3) is 0 Å². The van der Waals surface area contributed by atoms with E-state index in [9.17, 15) is 0 Å². The molecule has 1 aliphatic heterocycles. The molecule has 0 aliphatic carbocycles. The van der Waals surface area contributed by atoms with Crippen LogP contribution >= 0.6 is 15.4 Å². The second-order valence-corrected chi connectivity index (χ2v) is 11.5. The van der Waals surface area contributed by atoms with E-state index in [-0.39, 0.29) is 0 Å². The summed E-state index contributed by atoms with van der Waals surface area (Å²) in [5, 5.41) is 10.1. The lowest BCUT2D eigenvalue weighted by molar-refractivity contribution is 0.330. The summed E-state index contributed by atoms with van der Waals surface area (Å²) in [6, 6.07) is 0. The minimum absolute atomic E-state index is 1.09. The number of hydrogen-bond donors (Lipinski definition) is 3. The topological polar surface area (TPSA) is 58.2 Å². The van der Waals surface area contributed by atoms with Crippen LogP contribution in [0.5, 0.6) is 0 Å². The van der Waals surface area contributed by atoms with Gasteiger partial charge in [-0.25, -0.2) is 0 Å². The number of rotatable bonds is 5. The molecule has 0 spiro atoms. The lowest BCUT2D eigenvalue weighted by Gasteiger charge is -2.43. The van der Waals surface area contributed by atoms with E-state index in [4.69, 9.17) is 4.52 Å². The molecule has 7 nitrogen and oxygen atoms in total. The predicted molar refractivity (Wildman–Crippen MR) is 87.0 cm³/mol. The summed E-state index contributed by atoms with van der Waals surface area (Å²) in [5.41, 5.74) is 0. The van der Waals surface area contributed by atoms with Crippen LogP contribution in [0.25, 0.3) is 0 Å². The summed E-state index contributed by atoms with van der Waals surface area (Å²) >= 11 is 0. The Kier molecular flexibility index (Phi) is 6.36. The Morgan fingerprint density at radius 2 is 1.42 bits per heavy atom. The fourth-order valence-electron chi connectivity index (χ4n) is 2.53. The molecule has 0 aromatic heterocycles. The summed E-state index contributed by atoms with van der Waals surface area (Å²) in [4.78, 5) is 0. The van der Waals surface area contributed by atoms with Gasteiger partial charge < -0.3 is 0 Å². The van der Waals surface area contributed by atoms with E-state index in [0.29, 0.717) is 0 Å². The fraction of sp³-hybridized carbons (Fsp3) is 1.00. The average Bonchev–Trinajstić information content (AvgIpc) is 2.39. The molecule has 1 rings (SSSR count). The molecule has 0 aromatic carbocycles. The van der Waals surface area contributed by atoms with Crippen LogP contribution in [0.3, 0.4) is 0 Å². The van der Waals surface area contributed by atoms with Crippen molar-refractivity contribution in [2.45, 2.75) is 6.42 Å². The molecule has 0 aromatic rings. The molecule has 1 saturated heterocycles. The maximum Gasteiger partial charge on any atom is 0.356 e. The Morgan fingerprint density at radius 3 is 1.74 bits per heavy atom. The van der Waals surface area contributed by atoms with Crippen molar-refractivity contribution in [2.24, 2.45) is 4.52 Å². The first-order chi connectivity index (χ1) is 8.88.